The molecule has 0 aliphatic carbocycles. The number of aryl methyl sites for hydroxylation is 1. The minimum atomic E-state index is -3.56. The number of sulfonamides is 1. The van der Waals surface area contributed by atoms with Gasteiger partial charge in [-0.2, -0.15) is 4.31 Å². The zero-order chi connectivity index (χ0) is 15.3. The van der Waals surface area contributed by atoms with Gasteiger partial charge in [-0.05, 0) is 44.5 Å². The Labute approximate surface area is 121 Å². The lowest BCUT2D eigenvalue weighted by Crippen LogP contribution is -2.33. The fourth-order valence-corrected chi connectivity index (χ4v) is 3.40. The Morgan fingerprint density at radius 1 is 1.35 bits per heavy atom. The summed E-state index contributed by atoms with van der Waals surface area (Å²) in [6.07, 6.45) is 0.0395. The molecular weight excluding hydrogens is 278 g/mol. The molecule has 0 spiro atoms. The van der Waals surface area contributed by atoms with E-state index in [9.17, 15) is 8.42 Å². The molecular formula is C14H23NO4S. The van der Waals surface area contributed by atoms with Crippen molar-refractivity contribution in [2.45, 2.75) is 38.7 Å². The van der Waals surface area contributed by atoms with E-state index in [2.05, 4.69) is 0 Å². The predicted octanol–water partition coefficient (Wildman–Crippen LogP) is 1.79. The number of ether oxygens (including phenoxy) is 1. The third kappa shape index (κ3) is 3.94. The molecule has 1 aromatic rings. The highest BCUT2D eigenvalue weighted by molar-refractivity contribution is 7.89. The normalized spacial score (nSPS) is 12.2. The van der Waals surface area contributed by atoms with E-state index in [4.69, 9.17) is 9.84 Å². The fourth-order valence-electron chi connectivity index (χ4n) is 1.88. The van der Waals surface area contributed by atoms with Crippen LogP contribution in [0.25, 0.3) is 0 Å². The van der Waals surface area contributed by atoms with Crippen LogP contribution in [0.4, 0.5) is 0 Å². The summed E-state index contributed by atoms with van der Waals surface area (Å²) in [5, 5.41) is 8.95. The van der Waals surface area contributed by atoms with Gasteiger partial charge in [0.1, 0.15) is 5.75 Å². The molecule has 0 atom stereocenters. The molecule has 1 aromatic carbocycles. The first-order valence-electron chi connectivity index (χ1n) is 6.71. The van der Waals surface area contributed by atoms with Crippen LogP contribution in [0.5, 0.6) is 5.75 Å². The van der Waals surface area contributed by atoms with Crippen LogP contribution in [0.2, 0.25) is 0 Å². The second kappa shape index (κ2) is 7.06. The topological polar surface area (TPSA) is 66.8 Å². The summed E-state index contributed by atoms with van der Waals surface area (Å²) in [4.78, 5) is 0.224. The molecule has 0 aliphatic rings. The molecule has 0 aliphatic heterocycles. The van der Waals surface area contributed by atoms with E-state index in [1.54, 1.807) is 25.1 Å². The van der Waals surface area contributed by atoms with Crippen LogP contribution in [-0.2, 0) is 10.0 Å². The number of likely N-dealkylation sites (N-methyl/N-ethyl adjacent to an activating group) is 1. The molecule has 0 aromatic heterocycles. The fraction of sp³-hybridized carbons (Fsp3) is 0.571. The van der Waals surface area contributed by atoms with E-state index in [0.717, 1.165) is 5.56 Å². The number of nitrogens with zero attached hydrogens (tertiary/aromatic N) is 1. The highest BCUT2D eigenvalue weighted by atomic mass is 32.2. The lowest BCUT2D eigenvalue weighted by molar-refractivity contribution is 0.240. The van der Waals surface area contributed by atoms with Crippen molar-refractivity contribution in [3.8, 4) is 5.75 Å². The third-order valence-corrected chi connectivity index (χ3v) is 4.82. The van der Waals surface area contributed by atoms with Crippen LogP contribution in [0, 0.1) is 6.92 Å². The molecule has 1 N–H and O–H groups in total. The minimum Gasteiger partial charge on any atom is -0.491 e. The number of rotatable bonds is 7. The molecule has 0 bridgehead atoms. The molecule has 0 amide bonds. The smallest absolute Gasteiger partial charge is 0.243 e. The van der Waals surface area contributed by atoms with E-state index in [1.165, 1.54) is 4.31 Å². The number of aliphatic hydroxyl groups is 1. The van der Waals surface area contributed by atoms with Gasteiger partial charge in [-0.15, -0.1) is 0 Å². The van der Waals surface area contributed by atoms with Crippen molar-refractivity contribution in [3.05, 3.63) is 23.8 Å². The van der Waals surface area contributed by atoms with Gasteiger partial charge in [0.15, 0.2) is 0 Å². The van der Waals surface area contributed by atoms with Gasteiger partial charge in [-0.3, -0.25) is 0 Å². The molecule has 0 radical (unpaired) electrons. The maximum Gasteiger partial charge on any atom is 0.243 e. The van der Waals surface area contributed by atoms with Crippen molar-refractivity contribution >= 4 is 10.0 Å². The van der Waals surface area contributed by atoms with E-state index in [-0.39, 0.29) is 24.2 Å². The Morgan fingerprint density at radius 3 is 2.45 bits per heavy atom. The largest absolute Gasteiger partial charge is 0.491 e. The second-order valence-electron chi connectivity index (χ2n) is 4.81. The van der Waals surface area contributed by atoms with Gasteiger partial charge < -0.3 is 9.84 Å². The van der Waals surface area contributed by atoms with Gasteiger partial charge in [-0.1, -0.05) is 6.92 Å². The average Bonchev–Trinajstić information content (AvgIpc) is 2.37. The zero-order valence-corrected chi connectivity index (χ0v) is 13.3. The number of hydrogen-bond donors (Lipinski definition) is 1. The zero-order valence-electron chi connectivity index (χ0n) is 12.5. The molecule has 0 heterocycles. The van der Waals surface area contributed by atoms with Crippen molar-refractivity contribution in [1.82, 2.24) is 4.31 Å². The van der Waals surface area contributed by atoms with Crippen LogP contribution in [-0.4, -0.2) is 43.6 Å². The molecule has 6 heteroatoms. The first-order valence-corrected chi connectivity index (χ1v) is 8.15. The van der Waals surface area contributed by atoms with E-state index in [1.807, 2.05) is 20.8 Å². The number of benzene rings is 1. The molecule has 20 heavy (non-hydrogen) atoms. The Balaban J connectivity index is 3.11. The Hall–Kier alpha value is -1.11. The van der Waals surface area contributed by atoms with Gasteiger partial charge in [0.2, 0.25) is 10.0 Å². The van der Waals surface area contributed by atoms with Crippen LogP contribution in [0.1, 0.15) is 26.3 Å². The van der Waals surface area contributed by atoms with Crippen LogP contribution >= 0.6 is 0 Å². The number of aliphatic hydroxyl groups excluding tert-OH is 1. The lowest BCUT2D eigenvalue weighted by Gasteiger charge is -2.20. The highest BCUT2D eigenvalue weighted by Crippen LogP contribution is 2.24. The van der Waals surface area contributed by atoms with E-state index in [0.29, 0.717) is 12.3 Å². The first kappa shape index (κ1) is 16.9. The highest BCUT2D eigenvalue weighted by Gasteiger charge is 2.23. The molecule has 1 rings (SSSR count). The van der Waals surface area contributed by atoms with Gasteiger partial charge in [-0.25, -0.2) is 8.42 Å². The van der Waals surface area contributed by atoms with Gasteiger partial charge in [0, 0.05) is 13.1 Å². The maximum absolute atomic E-state index is 12.4. The van der Waals surface area contributed by atoms with Crippen molar-refractivity contribution in [2.75, 3.05) is 19.7 Å². The second-order valence-corrected chi connectivity index (χ2v) is 6.75. The summed E-state index contributed by atoms with van der Waals surface area (Å²) >= 11 is 0. The Kier molecular flexibility index (Phi) is 5.98. The predicted molar refractivity (Wildman–Crippen MR) is 78.5 cm³/mol. The number of hydrogen-bond acceptors (Lipinski definition) is 4. The van der Waals surface area contributed by atoms with Gasteiger partial charge >= 0.3 is 0 Å². The lowest BCUT2D eigenvalue weighted by atomic mass is 10.2. The Morgan fingerprint density at radius 2 is 2.00 bits per heavy atom. The van der Waals surface area contributed by atoms with Gasteiger partial charge in [0.05, 0.1) is 17.6 Å². The summed E-state index contributed by atoms with van der Waals surface area (Å²) in [7, 11) is -3.56. The monoisotopic (exact) mass is 301 g/mol. The van der Waals surface area contributed by atoms with Crippen LogP contribution < -0.4 is 4.74 Å². The SMILES string of the molecule is CCN(CCO)S(=O)(=O)c1ccc(OC(C)C)c(C)c1. The Bertz CT molecular complexity index is 540. The maximum atomic E-state index is 12.4. The summed E-state index contributed by atoms with van der Waals surface area (Å²) in [5.74, 6) is 0.684. The summed E-state index contributed by atoms with van der Waals surface area (Å²) in [6, 6.07) is 4.82. The van der Waals surface area contributed by atoms with Crippen molar-refractivity contribution < 1.29 is 18.3 Å². The van der Waals surface area contributed by atoms with Crippen LogP contribution in [0.3, 0.4) is 0 Å². The summed E-state index contributed by atoms with van der Waals surface area (Å²) in [6.45, 7) is 7.64. The van der Waals surface area contributed by atoms with Crippen molar-refractivity contribution in [1.29, 1.82) is 0 Å². The standard InChI is InChI=1S/C14H23NO4S/c1-5-15(8-9-16)20(17,18)13-6-7-14(12(4)10-13)19-11(2)3/h6-7,10-11,16H,5,8-9H2,1-4H3. The van der Waals surface area contributed by atoms with Gasteiger partial charge in [0.25, 0.3) is 0 Å². The minimum absolute atomic E-state index is 0.0395. The van der Waals surface area contributed by atoms with E-state index < -0.39 is 10.0 Å². The quantitative estimate of drug-likeness (QED) is 0.833. The first-order chi connectivity index (χ1) is 9.32. The molecule has 5 nitrogen and oxygen atoms in total. The van der Waals surface area contributed by atoms with Crippen molar-refractivity contribution in [3.63, 3.8) is 0 Å². The van der Waals surface area contributed by atoms with Crippen LogP contribution in [0.15, 0.2) is 23.1 Å². The molecule has 0 unspecified atom stereocenters. The molecule has 114 valence electrons. The third-order valence-electron chi connectivity index (χ3n) is 2.85. The average molecular weight is 301 g/mol. The molecule has 0 fully saturated rings. The molecule has 0 saturated carbocycles. The molecule has 0 saturated heterocycles. The van der Waals surface area contributed by atoms with Crippen molar-refractivity contribution in [2.24, 2.45) is 0 Å². The summed E-state index contributed by atoms with van der Waals surface area (Å²) in [5.41, 5.74) is 0.778. The van der Waals surface area contributed by atoms with E-state index >= 15 is 0 Å². The summed E-state index contributed by atoms with van der Waals surface area (Å²) < 4.78 is 31.7.